The molecule has 1 unspecified atom stereocenters. The largest absolute Gasteiger partial charge is 1.00 e. The number of nitrogens with zero attached hydrogens (tertiary/aromatic N) is 2. The van der Waals surface area contributed by atoms with E-state index < -0.39 is 0 Å². The molecule has 0 saturated heterocycles. The minimum atomic E-state index is 0. The van der Waals surface area contributed by atoms with Crippen LogP contribution in [0.15, 0.2) is 0 Å². The molecule has 0 amide bonds. The summed E-state index contributed by atoms with van der Waals surface area (Å²) in [5, 5.41) is 2.75. The number of nitrogen functional groups attached to an aromatic ring is 1. The second-order valence-corrected chi connectivity index (χ2v) is 2.08. The molecule has 0 aliphatic carbocycles. The smallest absolute Gasteiger partial charge is 0.415 e. The van der Waals surface area contributed by atoms with Crippen molar-refractivity contribution in [2.24, 2.45) is 0 Å². The molecular formula is C5H8KN4P. The summed E-state index contributed by atoms with van der Waals surface area (Å²) in [4.78, 5) is 7.77. The molecule has 0 spiro atoms. The summed E-state index contributed by atoms with van der Waals surface area (Å²) >= 11 is 0. The maximum Gasteiger partial charge on any atom is 1.00 e. The molecule has 0 aliphatic rings. The SMILES string of the molecule is Cc1n[c-]c(N)c(NP)n1.[K+]. The van der Waals surface area contributed by atoms with E-state index in [4.69, 9.17) is 5.73 Å². The van der Waals surface area contributed by atoms with E-state index in [-0.39, 0.29) is 51.4 Å². The third-order valence-corrected chi connectivity index (χ3v) is 1.28. The fourth-order valence-corrected chi connectivity index (χ4v) is 0.771. The van der Waals surface area contributed by atoms with Crippen molar-refractivity contribution >= 4 is 20.9 Å². The van der Waals surface area contributed by atoms with Crippen molar-refractivity contribution < 1.29 is 51.4 Å². The topological polar surface area (TPSA) is 63.8 Å². The maximum absolute atomic E-state index is 5.44. The molecule has 1 aromatic heterocycles. The summed E-state index contributed by atoms with van der Waals surface area (Å²) in [6.45, 7) is 1.78. The van der Waals surface area contributed by atoms with Gasteiger partial charge >= 0.3 is 51.4 Å². The van der Waals surface area contributed by atoms with Crippen molar-refractivity contribution in [2.45, 2.75) is 6.92 Å². The molecule has 0 fully saturated rings. The molecule has 1 heterocycles. The van der Waals surface area contributed by atoms with Gasteiger partial charge in [-0.1, -0.05) is 22.5 Å². The molecule has 0 bridgehead atoms. The number of hydrogen-bond donors (Lipinski definition) is 2. The van der Waals surface area contributed by atoms with Crippen LogP contribution in [-0.4, -0.2) is 9.97 Å². The van der Waals surface area contributed by atoms with Gasteiger partial charge in [-0.25, -0.2) is 0 Å². The van der Waals surface area contributed by atoms with Crippen molar-refractivity contribution in [3.05, 3.63) is 12.0 Å². The van der Waals surface area contributed by atoms with Crippen molar-refractivity contribution in [3.8, 4) is 0 Å². The Bertz CT molecular complexity index is 242. The summed E-state index contributed by atoms with van der Waals surface area (Å²) in [5.41, 5.74) is 5.87. The second-order valence-electron chi connectivity index (χ2n) is 1.79. The summed E-state index contributed by atoms with van der Waals surface area (Å²) < 4.78 is 0. The van der Waals surface area contributed by atoms with Gasteiger partial charge in [0.2, 0.25) is 0 Å². The minimum Gasteiger partial charge on any atom is -0.415 e. The van der Waals surface area contributed by atoms with Crippen molar-refractivity contribution in [1.29, 1.82) is 0 Å². The Morgan fingerprint density at radius 3 is 2.73 bits per heavy atom. The zero-order valence-corrected chi connectivity index (χ0v) is 10.8. The third-order valence-electron chi connectivity index (χ3n) is 1.00. The van der Waals surface area contributed by atoms with E-state index in [0.717, 1.165) is 0 Å². The molecule has 0 saturated carbocycles. The molecule has 1 atom stereocenters. The van der Waals surface area contributed by atoms with Gasteiger partial charge in [-0.3, -0.25) is 0 Å². The fraction of sp³-hybridized carbons (Fsp3) is 0.200. The Morgan fingerprint density at radius 1 is 1.64 bits per heavy atom. The number of aromatic nitrogens is 2. The van der Waals surface area contributed by atoms with E-state index in [0.29, 0.717) is 17.3 Å². The van der Waals surface area contributed by atoms with Crippen LogP contribution < -0.4 is 62.2 Å². The van der Waals surface area contributed by atoms with Crippen molar-refractivity contribution in [3.63, 3.8) is 0 Å². The predicted molar refractivity (Wildman–Crippen MR) is 43.4 cm³/mol. The standard InChI is InChI=1S/C5H8N4P.K/c1-3-7-2-4(6)5(8-3)9-10;/h6,10H2,1H3,(H,7,8,9);/q-1;+1. The van der Waals surface area contributed by atoms with Crippen LogP contribution in [0.3, 0.4) is 0 Å². The molecule has 4 nitrogen and oxygen atoms in total. The molecule has 11 heavy (non-hydrogen) atoms. The number of rotatable bonds is 1. The number of aryl methyl sites for hydroxylation is 1. The molecule has 3 N–H and O–H groups in total. The van der Waals surface area contributed by atoms with Crippen LogP contribution in [0.1, 0.15) is 5.82 Å². The van der Waals surface area contributed by atoms with Crippen LogP contribution in [0.25, 0.3) is 0 Å². The summed E-state index contributed by atoms with van der Waals surface area (Å²) in [5.74, 6) is 1.25. The average Bonchev–Trinajstić information content (AvgIpc) is 1.94. The third kappa shape index (κ3) is 3.32. The summed E-state index contributed by atoms with van der Waals surface area (Å²) in [7, 11) is 2.31. The van der Waals surface area contributed by atoms with Crippen LogP contribution in [0.4, 0.5) is 11.5 Å². The van der Waals surface area contributed by atoms with Gasteiger partial charge in [0.25, 0.3) is 0 Å². The number of nitrogens with two attached hydrogens (primary N) is 1. The van der Waals surface area contributed by atoms with Gasteiger partial charge in [0, 0.05) is 11.6 Å². The van der Waals surface area contributed by atoms with Gasteiger partial charge in [0.15, 0.2) is 0 Å². The van der Waals surface area contributed by atoms with Crippen LogP contribution in [-0.2, 0) is 0 Å². The Balaban J connectivity index is 0.000001000. The average molecular weight is 194 g/mol. The van der Waals surface area contributed by atoms with E-state index in [1.165, 1.54) is 0 Å². The number of anilines is 2. The number of hydrogen-bond acceptors (Lipinski definition) is 4. The van der Waals surface area contributed by atoms with Gasteiger partial charge in [-0.15, -0.1) is 0 Å². The predicted octanol–water partition coefficient (Wildman–Crippen LogP) is -2.63. The first-order valence-electron chi connectivity index (χ1n) is 2.72. The van der Waals surface area contributed by atoms with Crippen LogP contribution in [0.5, 0.6) is 0 Å². The number of nitrogens with one attached hydrogen (secondary N) is 1. The Kier molecular flexibility index (Phi) is 5.77. The van der Waals surface area contributed by atoms with Crippen molar-refractivity contribution in [2.75, 3.05) is 10.8 Å². The van der Waals surface area contributed by atoms with E-state index >= 15 is 0 Å². The van der Waals surface area contributed by atoms with Crippen molar-refractivity contribution in [1.82, 2.24) is 9.97 Å². The van der Waals surface area contributed by atoms with E-state index in [2.05, 4.69) is 30.6 Å². The van der Waals surface area contributed by atoms with Crippen LogP contribution in [0, 0.1) is 13.1 Å². The molecule has 0 radical (unpaired) electrons. The minimum absolute atomic E-state index is 0. The van der Waals surface area contributed by atoms with E-state index in [1.54, 1.807) is 6.92 Å². The molecule has 6 heteroatoms. The van der Waals surface area contributed by atoms with Gasteiger partial charge < -0.3 is 20.8 Å². The van der Waals surface area contributed by atoms with Gasteiger partial charge in [0.05, 0.1) is 0 Å². The zero-order chi connectivity index (χ0) is 7.56. The van der Waals surface area contributed by atoms with Gasteiger partial charge in [-0.2, -0.15) is 0 Å². The van der Waals surface area contributed by atoms with Crippen LogP contribution in [0.2, 0.25) is 0 Å². The Labute approximate surface area is 110 Å². The van der Waals surface area contributed by atoms with Crippen LogP contribution >= 0.6 is 9.39 Å². The first kappa shape index (κ1) is 11.7. The normalized spacial score (nSPS) is 8.55. The molecule has 0 aliphatic heterocycles. The first-order chi connectivity index (χ1) is 4.74. The molecule has 1 aromatic rings. The summed E-state index contributed by atoms with van der Waals surface area (Å²) in [6, 6.07) is 0. The quantitative estimate of drug-likeness (QED) is 0.292. The van der Waals surface area contributed by atoms with Gasteiger partial charge in [-0.05, 0) is 5.69 Å². The first-order valence-corrected chi connectivity index (χ1v) is 3.30. The fourth-order valence-electron chi connectivity index (χ4n) is 0.551. The zero-order valence-electron chi connectivity index (χ0n) is 6.55. The molecular weight excluding hydrogens is 186 g/mol. The van der Waals surface area contributed by atoms with Gasteiger partial charge in [0.1, 0.15) is 0 Å². The second kappa shape index (κ2) is 5.40. The molecule has 54 valence electrons. The molecule has 0 aromatic carbocycles. The summed E-state index contributed by atoms with van der Waals surface area (Å²) in [6.07, 6.45) is 2.61. The maximum atomic E-state index is 5.44. The Morgan fingerprint density at radius 2 is 2.27 bits per heavy atom. The molecule has 1 rings (SSSR count). The van der Waals surface area contributed by atoms with E-state index in [1.807, 2.05) is 0 Å². The monoisotopic (exact) mass is 194 g/mol. The Hall–Kier alpha value is 0.746. The van der Waals surface area contributed by atoms with E-state index in [9.17, 15) is 0 Å².